The lowest BCUT2D eigenvalue weighted by atomic mass is 9.80. The van der Waals surface area contributed by atoms with Crippen LogP contribution in [0.5, 0.6) is 0 Å². The zero-order valence-corrected chi connectivity index (χ0v) is 35.6. The predicted octanol–water partition coefficient (Wildman–Crippen LogP) is 16.4. The van der Waals surface area contributed by atoms with Gasteiger partial charge in [0.25, 0.3) is 0 Å². The summed E-state index contributed by atoms with van der Waals surface area (Å²) in [7, 11) is 0. The molecule has 2 heteroatoms. The minimum absolute atomic E-state index is 0.147. The molecule has 2 nitrogen and oxygen atoms in total. The van der Waals surface area contributed by atoms with E-state index in [0.29, 0.717) is 5.92 Å². The second-order valence-corrected chi connectivity index (χ2v) is 16.7. The van der Waals surface area contributed by atoms with Gasteiger partial charge in [0.05, 0.1) is 0 Å². The van der Waals surface area contributed by atoms with Crippen molar-refractivity contribution < 1.29 is 0 Å². The van der Waals surface area contributed by atoms with Gasteiger partial charge in [-0.15, -0.1) is 0 Å². The zero-order valence-electron chi connectivity index (χ0n) is 35.6. The van der Waals surface area contributed by atoms with E-state index in [9.17, 15) is 0 Å². The largest absolute Gasteiger partial charge is 0.311 e. The normalized spacial score (nSPS) is 15.6. The van der Waals surface area contributed by atoms with E-state index in [1.165, 1.54) is 39.0 Å². The highest BCUT2D eigenvalue weighted by Gasteiger charge is 2.35. The quantitative estimate of drug-likeness (QED) is 0.120. The van der Waals surface area contributed by atoms with E-state index in [4.69, 9.17) is 0 Å². The first kappa shape index (κ1) is 39.3. The van der Waals surface area contributed by atoms with Gasteiger partial charge < -0.3 is 9.80 Å². The summed E-state index contributed by atoms with van der Waals surface area (Å²) < 4.78 is 0. The molecule has 1 atom stereocenters. The molecule has 9 rings (SSSR count). The first-order valence-corrected chi connectivity index (χ1v) is 21.4. The van der Waals surface area contributed by atoms with Gasteiger partial charge in [-0.2, -0.15) is 0 Å². The summed E-state index contributed by atoms with van der Waals surface area (Å²) in [6.07, 6.45) is 12.1. The molecule has 0 spiro atoms. The van der Waals surface area contributed by atoms with Crippen molar-refractivity contribution in [3.63, 3.8) is 0 Å². The predicted molar refractivity (Wildman–Crippen MR) is 262 cm³/mol. The third kappa shape index (κ3) is 7.62. The Morgan fingerprint density at radius 3 is 1.74 bits per heavy atom. The van der Waals surface area contributed by atoms with Crippen molar-refractivity contribution in [2.75, 3.05) is 9.80 Å². The van der Waals surface area contributed by atoms with Crippen LogP contribution in [0.2, 0.25) is 0 Å². The summed E-state index contributed by atoms with van der Waals surface area (Å²) in [5.74, 6) is 0.509. The monoisotopic (exact) mass is 788 g/mol. The Balaban J connectivity index is 1.12. The molecule has 0 heterocycles. The summed E-state index contributed by atoms with van der Waals surface area (Å²) in [6.45, 7) is 13.6. The van der Waals surface area contributed by atoms with Gasteiger partial charge in [-0.25, -0.2) is 0 Å². The molecule has 0 radical (unpaired) electrons. The number of benzene rings is 7. The van der Waals surface area contributed by atoms with Crippen LogP contribution in [0, 0.1) is 5.92 Å². The Morgan fingerprint density at radius 2 is 1.11 bits per heavy atom. The number of hydrogen-bond donors (Lipinski definition) is 0. The molecule has 2 aliphatic carbocycles. The molecular formula is C59H52N2. The highest BCUT2D eigenvalue weighted by molar-refractivity contribution is 5.89. The fourth-order valence-electron chi connectivity index (χ4n) is 9.31. The molecule has 0 aliphatic heterocycles. The van der Waals surface area contributed by atoms with E-state index in [1.807, 2.05) is 6.08 Å². The molecule has 298 valence electrons. The number of anilines is 5. The van der Waals surface area contributed by atoms with Crippen LogP contribution in [-0.2, 0) is 5.41 Å². The van der Waals surface area contributed by atoms with Crippen LogP contribution in [-0.4, -0.2) is 0 Å². The molecule has 0 aromatic heterocycles. The van der Waals surface area contributed by atoms with Crippen molar-refractivity contribution in [3.05, 3.63) is 247 Å². The Bertz CT molecular complexity index is 2800. The molecule has 61 heavy (non-hydrogen) atoms. The fourth-order valence-corrected chi connectivity index (χ4v) is 9.31. The molecule has 1 unspecified atom stereocenters. The lowest BCUT2D eigenvalue weighted by Gasteiger charge is -2.30. The van der Waals surface area contributed by atoms with Crippen LogP contribution < -0.4 is 9.80 Å². The fraction of sp³-hybridized carbons (Fsp3) is 0.119. The van der Waals surface area contributed by atoms with Gasteiger partial charge in [0, 0.05) is 39.5 Å². The molecule has 7 aromatic carbocycles. The second kappa shape index (κ2) is 16.8. The minimum Gasteiger partial charge on any atom is -0.311 e. The molecule has 0 amide bonds. The van der Waals surface area contributed by atoms with Gasteiger partial charge in [0.1, 0.15) is 0 Å². The van der Waals surface area contributed by atoms with Crippen molar-refractivity contribution in [1.29, 1.82) is 0 Å². The third-order valence-corrected chi connectivity index (χ3v) is 12.5. The van der Waals surface area contributed by atoms with E-state index < -0.39 is 0 Å². The first-order chi connectivity index (χ1) is 29.8. The Hall–Kier alpha value is -7.16. The summed E-state index contributed by atoms with van der Waals surface area (Å²) in [6, 6.07) is 65.8. The van der Waals surface area contributed by atoms with Crippen molar-refractivity contribution in [1.82, 2.24) is 0 Å². The van der Waals surface area contributed by atoms with E-state index in [0.717, 1.165) is 57.2 Å². The Kier molecular flexibility index (Phi) is 10.8. The Morgan fingerprint density at radius 1 is 0.574 bits per heavy atom. The number of allylic oxidation sites excluding steroid dienone is 8. The minimum atomic E-state index is -0.147. The van der Waals surface area contributed by atoms with E-state index >= 15 is 0 Å². The van der Waals surface area contributed by atoms with E-state index in [-0.39, 0.29) is 5.41 Å². The topological polar surface area (TPSA) is 6.48 Å². The van der Waals surface area contributed by atoms with Crippen molar-refractivity contribution in [2.24, 2.45) is 5.92 Å². The summed E-state index contributed by atoms with van der Waals surface area (Å²) >= 11 is 0. The molecule has 0 bridgehead atoms. The van der Waals surface area contributed by atoms with Crippen molar-refractivity contribution in [2.45, 2.75) is 39.5 Å². The third-order valence-electron chi connectivity index (χ3n) is 12.5. The molecular weight excluding hydrogens is 737 g/mol. The molecule has 0 N–H and O–H groups in total. The van der Waals surface area contributed by atoms with Crippen molar-refractivity contribution >= 4 is 39.6 Å². The summed E-state index contributed by atoms with van der Waals surface area (Å²) in [4.78, 5) is 4.69. The number of rotatable bonds is 11. The summed E-state index contributed by atoms with van der Waals surface area (Å²) in [5.41, 5.74) is 19.0. The Labute approximate surface area is 362 Å². The molecule has 0 fully saturated rings. The van der Waals surface area contributed by atoms with Crippen molar-refractivity contribution in [3.8, 4) is 22.3 Å². The standard InChI is InChI=1S/C59H52N2/c1-6-47(41-58-43(3)54-28-18-19-29-57(54)59(58,4)5)60(48-23-12-8-13-24-48)52-38-39-55(56(40-52)44-21-10-7-11-22-44)46-32-36-51(37-33-46)61(49-25-14-9-15-26-49)50-34-30-45(31-35-50)53-27-17-16-20-42(53)2/h6-19,21-42H,1,20H2,2-5H3/b47-41+. The average molecular weight is 789 g/mol. The maximum Gasteiger partial charge on any atom is 0.0468 e. The first-order valence-electron chi connectivity index (χ1n) is 21.4. The van der Waals surface area contributed by atoms with Crippen LogP contribution in [0.4, 0.5) is 28.4 Å². The van der Waals surface area contributed by atoms with Crippen LogP contribution in [0.1, 0.15) is 50.8 Å². The highest BCUT2D eigenvalue weighted by atomic mass is 15.1. The number of hydrogen-bond acceptors (Lipinski definition) is 2. The summed E-state index contributed by atoms with van der Waals surface area (Å²) in [5, 5.41) is 0. The number of fused-ring (bicyclic) bond motifs is 1. The average Bonchev–Trinajstić information content (AvgIpc) is 3.50. The SMILES string of the molecule is C=C/C(=C\C1=C(C)c2ccccc2C1(C)C)N(c1ccccc1)c1ccc(-c2ccc(N(c3ccccc3)c3ccc(C4=CC=CCC4C)cc3)cc2)c(-c2ccccc2)c1. The molecule has 0 saturated carbocycles. The molecule has 7 aromatic rings. The van der Waals surface area contributed by atoms with Gasteiger partial charge in [-0.3, -0.25) is 0 Å². The maximum absolute atomic E-state index is 4.40. The molecule has 2 aliphatic rings. The number of nitrogens with zero attached hydrogens (tertiary/aromatic N) is 2. The maximum atomic E-state index is 4.40. The van der Waals surface area contributed by atoms with Crippen LogP contribution >= 0.6 is 0 Å². The second-order valence-electron chi connectivity index (χ2n) is 16.7. The lowest BCUT2D eigenvalue weighted by Crippen LogP contribution is -2.20. The van der Waals surface area contributed by atoms with Gasteiger partial charge in [0.2, 0.25) is 0 Å². The van der Waals surface area contributed by atoms with Crippen LogP contribution in [0.3, 0.4) is 0 Å². The van der Waals surface area contributed by atoms with Gasteiger partial charge in [-0.1, -0.05) is 167 Å². The smallest absolute Gasteiger partial charge is 0.0468 e. The van der Waals surface area contributed by atoms with Crippen LogP contribution in [0.25, 0.3) is 33.4 Å². The lowest BCUT2D eigenvalue weighted by molar-refractivity contribution is 0.653. The van der Waals surface area contributed by atoms with Gasteiger partial charge in [0.15, 0.2) is 0 Å². The van der Waals surface area contributed by atoms with E-state index in [2.05, 4.69) is 250 Å². The van der Waals surface area contributed by atoms with Gasteiger partial charge in [-0.05, 0) is 148 Å². The van der Waals surface area contributed by atoms with E-state index in [1.54, 1.807) is 0 Å². The number of para-hydroxylation sites is 2. The zero-order chi connectivity index (χ0) is 41.9. The highest BCUT2D eigenvalue weighted by Crippen LogP contribution is 2.48. The van der Waals surface area contributed by atoms with Crippen LogP contribution in [0.15, 0.2) is 230 Å². The van der Waals surface area contributed by atoms with Gasteiger partial charge >= 0.3 is 0 Å². The molecule has 0 saturated heterocycles.